The molecule has 0 heterocycles. The standard InChI is InChI=1S/C17H27NO2/c1-5-6-7-14-8-10-15(11-9-14)16(19)20-13-12-17(2,3)18-4/h8-11,18H,5-7,12-13H2,1-4H3. The van der Waals surface area contributed by atoms with Gasteiger partial charge in [0.25, 0.3) is 0 Å². The van der Waals surface area contributed by atoms with Crippen LogP contribution in [0.1, 0.15) is 56.0 Å². The monoisotopic (exact) mass is 277 g/mol. The first kappa shape index (κ1) is 16.7. The van der Waals surface area contributed by atoms with Gasteiger partial charge < -0.3 is 10.1 Å². The van der Waals surface area contributed by atoms with Crippen LogP contribution in [0, 0.1) is 0 Å². The second kappa shape index (κ2) is 8.05. The molecular weight excluding hydrogens is 250 g/mol. The summed E-state index contributed by atoms with van der Waals surface area (Å²) in [4.78, 5) is 11.9. The summed E-state index contributed by atoms with van der Waals surface area (Å²) in [6.45, 7) is 6.79. The highest BCUT2D eigenvalue weighted by atomic mass is 16.5. The van der Waals surface area contributed by atoms with E-state index in [4.69, 9.17) is 4.74 Å². The number of hydrogen-bond donors (Lipinski definition) is 1. The largest absolute Gasteiger partial charge is 0.462 e. The van der Waals surface area contributed by atoms with Gasteiger partial charge in [-0.3, -0.25) is 0 Å². The molecule has 0 aliphatic carbocycles. The Morgan fingerprint density at radius 1 is 1.25 bits per heavy atom. The molecule has 0 saturated carbocycles. The minimum Gasteiger partial charge on any atom is -0.462 e. The molecule has 0 spiro atoms. The normalized spacial score (nSPS) is 11.4. The van der Waals surface area contributed by atoms with Crippen LogP contribution in [0.3, 0.4) is 0 Å². The maximum atomic E-state index is 11.9. The average Bonchev–Trinajstić information content (AvgIpc) is 2.45. The van der Waals surface area contributed by atoms with Crippen LogP contribution in [-0.4, -0.2) is 25.2 Å². The molecule has 0 aromatic heterocycles. The van der Waals surface area contributed by atoms with E-state index in [2.05, 4.69) is 26.1 Å². The van der Waals surface area contributed by atoms with Crippen molar-refractivity contribution in [2.75, 3.05) is 13.7 Å². The second-order valence-electron chi connectivity index (χ2n) is 5.82. The summed E-state index contributed by atoms with van der Waals surface area (Å²) in [6, 6.07) is 7.75. The Hall–Kier alpha value is -1.35. The number of aryl methyl sites for hydroxylation is 1. The van der Waals surface area contributed by atoms with Crippen molar-refractivity contribution in [3.8, 4) is 0 Å². The Labute approximate surface area is 122 Å². The molecule has 20 heavy (non-hydrogen) atoms. The third-order valence-corrected chi connectivity index (χ3v) is 3.65. The van der Waals surface area contributed by atoms with E-state index in [1.807, 2.05) is 31.3 Å². The number of rotatable bonds is 8. The molecule has 0 aliphatic rings. The number of ether oxygens (including phenoxy) is 1. The zero-order valence-electron chi connectivity index (χ0n) is 13.2. The number of carbonyl (C=O) groups is 1. The van der Waals surface area contributed by atoms with E-state index in [1.54, 1.807) is 0 Å². The summed E-state index contributed by atoms with van der Waals surface area (Å²) in [5.74, 6) is -0.237. The van der Waals surface area contributed by atoms with Crippen molar-refractivity contribution in [3.05, 3.63) is 35.4 Å². The lowest BCUT2D eigenvalue weighted by atomic mass is 10.0. The molecule has 1 aromatic rings. The van der Waals surface area contributed by atoms with Crippen LogP contribution in [0.15, 0.2) is 24.3 Å². The molecule has 3 heteroatoms. The van der Waals surface area contributed by atoms with Crippen molar-refractivity contribution in [3.63, 3.8) is 0 Å². The number of unbranched alkanes of at least 4 members (excludes halogenated alkanes) is 1. The van der Waals surface area contributed by atoms with Gasteiger partial charge in [-0.25, -0.2) is 4.79 Å². The topological polar surface area (TPSA) is 38.3 Å². The molecular formula is C17H27NO2. The Balaban J connectivity index is 2.43. The van der Waals surface area contributed by atoms with E-state index in [-0.39, 0.29) is 11.5 Å². The van der Waals surface area contributed by atoms with Crippen molar-refractivity contribution in [2.45, 2.75) is 52.0 Å². The molecule has 0 unspecified atom stereocenters. The molecule has 0 atom stereocenters. The molecule has 0 aliphatic heterocycles. The van der Waals surface area contributed by atoms with Gasteiger partial charge in [-0.05, 0) is 57.9 Å². The molecule has 1 aromatic carbocycles. The second-order valence-corrected chi connectivity index (χ2v) is 5.82. The van der Waals surface area contributed by atoms with E-state index in [9.17, 15) is 4.79 Å². The summed E-state index contributed by atoms with van der Waals surface area (Å²) in [5, 5.41) is 3.19. The van der Waals surface area contributed by atoms with Crippen LogP contribution < -0.4 is 5.32 Å². The highest BCUT2D eigenvalue weighted by molar-refractivity contribution is 5.89. The van der Waals surface area contributed by atoms with Crippen LogP contribution in [-0.2, 0) is 11.2 Å². The predicted octanol–water partition coefficient (Wildman–Crippen LogP) is 3.57. The number of carbonyl (C=O) groups excluding carboxylic acids is 1. The third-order valence-electron chi connectivity index (χ3n) is 3.65. The summed E-state index contributed by atoms with van der Waals surface area (Å²) in [7, 11) is 1.91. The fourth-order valence-corrected chi connectivity index (χ4v) is 1.80. The number of hydrogen-bond acceptors (Lipinski definition) is 3. The predicted molar refractivity (Wildman–Crippen MR) is 83.1 cm³/mol. The van der Waals surface area contributed by atoms with Gasteiger partial charge in [0.1, 0.15) is 0 Å². The summed E-state index contributed by atoms with van der Waals surface area (Å²) in [5.41, 5.74) is 1.90. The molecule has 3 nitrogen and oxygen atoms in total. The number of nitrogens with one attached hydrogen (secondary N) is 1. The lowest BCUT2D eigenvalue weighted by Gasteiger charge is -2.23. The lowest BCUT2D eigenvalue weighted by Crippen LogP contribution is -2.37. The van der Waals surface area contributed by atoms with Gasteiger partial charge in [0.05, 0.1) is 12.2 Å². The molecule has 0 saturated heterocycles. The minimum atomic E-state index is -0.237. The van der Waals surface area contributed by atoms with E-state index in [1.165, 1.54) is 18.4 Å². The quantitative estimate of drug-likeness (QED) is 0.738. The van der Waals surface area contributed by atoms with Gasteiger partial charge in [0, 0.05) is 5.54 Å². The summed E-state index contributed by atoms with van der Waals surface area (Å²) < 4.78 is 5.31. The van der Waals surface area contributed by atoms with Crippen molar-refractivity contribution in [1.29, 1.82) is 0 Å². The van der Waals surface area contributed by atoms with Crippen molar-refractivity contribution in [1.82, 2.24) is 5.32 Å². The fraction of sp³-hybridized carbons (Fsp3) is 0.588. The van der Waals surface area contributed by atoms with Gasteiger partial charge in [-0.2, -0.15) is 0 Å². The van der Waals surface area contributed by atoms with Crippen molar-refractivity contribution in [2.24, 2.45) is 0 Å². The van der Waals surface area contributed by atoms with Crippen LogP contribution in [0.4, 0.5) is 0 Å². The molecule has 1 N–H and O–H groups in total. The first-order valence-electron chi connectivity index (χ1n) is 7.43. The average molecular weight is 277 g/mol. The maximum Gasteiger partial charge on any atom is 0.338 e. The van der Waals surface area contributed by atoms with Gasteiger partial charge in [-0.1, -0.05) is 25.5 Å². The summed E-state index contributed by atoms with van der Waals surface area (Å²) >= 11 is 0. The lowest BCUT2D eigenvalue weighted by molar-refractivity contribution is 0.0475. The Morgan fingerprint density at radius 3 is 2.45 bits per heavy atom. The smallest absolute Gasteiger partial charge is 0.338 e. The first-order valence-corrected chi connectivity index (χ1v) is 7.43. The maximum absolute atomic E-state index is 11.9. The van der Waals surface area contributed by atoms with Crippen LogP contribution >= 0.6 is 0 Å². The number of benzene rings is 1. The molecule has 0 bridgehead atoms. The van der Waals surface area contributed by atoms with Gasteiger partial charge in [0.15, 0.2) is 0 Å². The van der Waals surface area contributed by atoms with Crippen molar-refractivity contribution < 1.29 is 9.53 Å². The highest BCUT2D eigenvalue weighted by Crippen LogP contribution is 2.11. The zero-order chi connectivity index (χ0) is 15.0. The van der Waals surface area contributed by atoms with Crippen LogP contribution in [0.5, 0.6) is 0 Å². The number of esters is 1. The molecule has 1 rings (SSSR count). The Kier molecular flexibility index (Phi) is 6.73. The fourth-order valence-electron chi connectivity index (χ4n) is 1.80. The van der Waals surface area contributed by atoms with Crippen molar-refractivity contribution >= 4 is 5.97 Å². The first-order chi connectivity index (χ1) is 9.48. The van der Waals surface area contributed by atoms with Gasteiger partial charge >= 0.3 is 5.97 Å². The SMILES string of the molecule is CCCCc1ccc(C(=O)OCCC(C)(C)NC)cc1. The van der Waals surface area contributed by atoms with Crippen LogP contribution in [0.2, 0.25) is 0 Å². The van der Waals surface area contributed by atoms with E-state index >= 15 is 0 Å². The zero-order valence-corrected chi connectivity index (χ0v) is 13.2. The molecule has 112 valence electrons. The van der Waals surface area contributed by atoms with E-state index < -0.39 is 0 Å². The van der Waals surface area contributed by atoms with E-state index in [0.717, 1.165) is 12.8 Å². The Bertz CT molecular complexity index is 410. The summed E-state index contributed by atoms with van der Waals surface area (Å²) in [6.07, 6.45) is 4.24. The molecule has 0 fully saturated rings. The van der Waals surface area contributed by atoms with Gasteiger partial charge in [-0.15, -0.1) is 0 Å². The minimum absolute atomic E-state index is 0.00963. The van der Waals surface area contributed by atoms with Gasteiger partial charge in [0.2, 0.25) is 0 Å². The molecule has 0 amide bonds. The van der Waals surface area contributed by atoms with E-state index in [0.29, 0.717) is 12.2 Å². The van der Waals surface area contributed by atoms with Crippen LogP contribution in [0.25, 0.3) is 0 Å². The third kappa shape index (κ3) is 5.74. The highest BCUT2D eigenvalue weighted by Gasteiger charge is 2.15. The Morgan fingerprint density at radius 2 is 1.90 bits per heavy atom. The molecule has 0 radical (unpaired) electrons.